The summed E-state index contributed by atoms with van der Waals surface area (Å²) < 4.78 is 32.2. The molecule has 22 heavy (non-hydrogen) atoms. The number of aromatic nitrogens is 3. The highest BCUT2D eigenvalue weighted by atomic mass is 32.2. The molecular formula is C14H16N4O3S. The van der Waals surface area contributed by atoms with Gasteiger partial charge < -0.3 is 10.3 Å². The third-order valence-corrected chi connectivity index (χ3v) is 5.47. The van der Waals surface area contributed by atoms with Gasteiger partial charge in [-0.05, 0) is 38.4 Å². The van der Waals surface area contributed by atoms with Crippen LogP contribution in [0.25, 0.3) is 10.9 Å². The lowest BCUT2D eigenvalue weighted by Crippen LogP contribution is -2.13. The monoisotopic (exact) mass is 320 g/mol. The fourth-order valence-electron chi connectivity index (χ4n) is 2.61. The van der Waals surface area contributed by atoms with Gasteiger partial charge in [-0.2, -0.15) is 0 Å². The smallest absolute Gasteiger partial charge is 0.273 e. The Morgan fingerprint density at radius 2 is 2.14 bits per heavy atom. The Bertz CT molecular complexity index is 921. The van der Waals surface area contributed by atoms with Crippen molar-refractivity contribution in [3.05, 3.63) is 41.7 Å². The Morgan fingerprint density at radius 1 is 1.36 bits per heavy atom. The summed E-state index contributed by atoms with van der Waals surface area (Å²) in [5, 5.41) is 4.56. The van der Waals surface area contributed by atoms with E-state index in [0.717, 1.165) is 10.9 Å². The summed E-state index contributed by atoms with van der Waals surface area (Å²) >= 11 is 0. The lowest BCUT2D eigenvalue weighted by molar-refractivity contribution is 0.390. The second-order valence-corrected chi connectivity index (χ2v) is 6.79. The molecule has 3 heterocycles. The number of hydrogen-bond donors (Lipinski definition) is 1. The van der Waals surface area contributed by atoms with E-state index in [1.165, 1.54) is 10.2 Å². The van der Waals surface area contributed by atoms with Gasteiger partial charge in [-0.15, -0.1) is 0 Å². The van der Waals surface area contributed by atoms with Crippen molar-refractivity contribution in [1.29, 1.82) is 0 Å². The van der Waals surface area contributed by atoms with E-state index in [1.807, 2.05) is 0 Å². The van der Waals surface area contributed by atoms with Gasteiger partial charge in [0.15, 0.2) is 10.7 Å². The van der Waals surface area contributed by atoms with Gasteiger partial charge >= 0.3 is 0 Å². The third kappa shape index (κ3) is 2.11. The van der Waals surface area contributed by atoms with E-state index in [2.05, 4.69) is 10.1 Å². The normalized spacial score (nSPS) is 12.1. The second kappa shape index (κ2) is 5.22. The van der Waals surface area contributed by atoms with Gasteiger partial charge in [0.25, 0.3) is 10.0 Å². The molecule has 0 radical (unpaired) electrons. The van der Waals surface area contributed by atoms with Gasteiger partial charge in [0, 0.05) is 17.8 Å². The van der Waals surface area contributed by atoms with Gasteiger partial charge in [-0.25, -0.2) is 12.4 Å². The molecule has 116 valence electrons. The third-order valence-electron chi connectivity index (χ3n) is 3.55. The predicted molar refractivity (Wildman–Crippen MR) is 81.1 cm³/mol. The summed E-state index contributed by atoms with van der Waals surface area (Å²) in [5.74, 6) is 0.267. The number of aryl methyl sites for hydroxylation is 2. The quantitative estimate of drug-likeness (QED) is 0.779. The van der Waals surface area contributed by atoms with E-state index in [-0.39, 0.29) is 10.7 Å². The Balaban J connectivity index is 2.30. The number of rotatable bonds is 4. The van der Waals surface area contributed by atoms with E-state index >= 15 is 0 Å². The molecule has 0 saturated carbocycles. The summed E-state index contributed by atoms with van der Waals surface area (Å²) in [6.07, 6.45) is 5.35. The molecule has 0 fully saturated rings. The van der Waals surface area contributed by atoms with Gasteiger partial charge in [0.2, 0.25) is 0 Å². The molecule has 2 N–H and O–H groups in total. The molecule has 0 amide bonds. The lowest BCUT2D eigenvalue weighted by atomic mass is 10.1. The van der Waals surface area contributed by atoms with Crippen molar-refractivity contribution in [2.24, 2.45) is 5.73 Å². The maximum Gasteiger partial charge on any atom is 0.273 e. The van der Waals surface area contributed by atoms with Crippen LogP contribution in [-0.2, 0) is 16.4 Å². The summed E-state index contributed by atoms with van der Waals surface area (Å²) in [6.45, 7) is 3.62. The van der Waals surface area contributed by atoms with Crippen LogP contribution in [0.4, 0.5) is 0 Å². The molecule has 0 aliphatic heterocycles. The van der Waals surface area contributed by atoms with Crippen molar-refractivity contribution < 1.29 is 12.9 Å². The maximum absolute atomic E-state index is 13.0. The zero-order chi connectivity index (χ0) is 15.9. The summed E-state index contributed by atoms with van der Waals surface area (Å²) in [5.41, 5.74) is 7.34. The van der Waals surface area contributed by atoms with Gasteiger partial charge in [-0.1, -0.05) is 5.16 Å². The topological polar surface area (TPSA) is 104 Å². The van der Waals surface area contributed by atoms with Crippen molar-refractivity contribution in [2.45, 2.75) is 25.2 Å². The van der Waals surface area contributed by atoms with Gasteiger partial charge in [0.1, 0.15) is 5.69 Å². The molecule has 0 spiro atoms. The maximum atomic E-state index is 13.0. The van der Waals surface area contributed by atoms with E-state index < -0.39 is 10.0 Å². The lowest BCUT2D eigenvalue weighted by Gasteiger charge is -2.06. The SMILES string of the molecule is Cc1noc(C)c1S(=O)(=O)n1cc(CCN)c2ccncc21. The van der Waals surface area contributed by atoms with Crippen LogP contribution in [-0.4, -0.2) is 29.1 Å². The molecule has 0 atom stereocenters. The first kappa shape index (κ1) is 14.7. The van der Waals surface area contributed by atoms with Gasteiger partial charge in [-0.3, -0.25) is 4.98 Å². The average Bonchev–Trinajstić information content (AvgIpc) is 3.01. The molecule has 3 aromatic heterocycles. The number of nitrogens with two attached hydrogens (primary N) is 1. The van der Waals surface area contributed by atoms with Crippen molar-refractivity contribution >= 4 is 20.9 Å². The minimum atomic E-state index is -3.80. The van der Waals surface area contributed by atoms with Crippen LogP contribution < -0.4 is 5.73 Å². The van der Waals surface area contributed by atoms with Crippen LogP contribution in [0.15, 0.2) is 34.1 Å². The standard InChI is InChI=1S/C14H16N4O3S/c1-9-14(10(2)21-17-9)22(19,20)18-8-11(3-5-15)12-4-6-16-7-13(12)18/h4,6-8H,3,5,15H2,1-2H3. The number of fused-ring (bicyclic) bond motifs is 1. The van der Waals surface area contributed by atoms with Crippen molar-refractivity contribution in [3.8, 4) is 0 Å². The van der Waals surface area contributed by atoms with Crippen molar-refractivity contribution in [3.63, 3.8) is 0 Å². The Kier molecular flexibility index (Phi) is 3.50. The highest BCUT2D eigenvalue weighted by Gasteiger charge is 2.28. The number of hydrogen-bond acceptors (Lipinski definition) is 6. The molecule has 7 nitrogen and oxygen atoms in total. The zero-order valence-electron chi connectivity index (χ0n) is 12.3. The minimum Gasteiger partial charge on any atom is -0.360 e. The fraction of sp³-hybridized carbons (Fsp3) is 0.286. The summed E-state index contributed by atoms with van der Waals surface area (Å²) in [6, 6.07) is 1.79. The zero-order valence-corrected chi connectivity index (χ0v) is 13.1. The molecule has 0 saturated heterocycles. The van der Waals surface area contributed by atoms with E-state index in [0.29, 0.717) is 24.2 Å². The molecule has 0 aliphatic rings. The summed E-state index contributed by atoms with van der Waals surface area (Å²) in [4.78, 5) is 4.12. The van der Waals surface area contributed by atoms with E-state index in [1.54, 1.807) is 32.3 Å². The second-order valence-electron chi connectivity index (χ2n) is 5.04. The average molecular weight is 320 g/mol. The molecule has 3 aromatic rings. The molecule has 8 heteroatoms. The van der Waals surface area contributed by atoms with Crippen LogP contribution in [0.1, 0.15) is 17.0 Å². The Hall–Kier alpha value is -2.19. The largest absolute Gasteiger partial charge is 0.360 e. The first-order valence-electron chi connectivity index (χ1n) is 6.79. The van der Waals surface area contributed by atoms with Crippen molar-refractivity contribution in [2.75, 3.05) is 6.54 Å². The highest BCUT2D eigenvalue weighted by Crippen LogP contribution is 2.28. The molecule has 3 rings (SSSR count). The first-order valence-corrected chi connectivity index (χ1v) is 8.23. The van der Waals surface area contributed by atoms with Crippen LogP contribution in [0.2, 0.25) is 0 Å². The summed E-state index contributed by atoms with van der Waals surface area (Å²) in [7, 11) is -3.80. The van der Waals surface area contributed by atoms with E-state index in [4.69, 9.17) is 10.3 Å². The fourth-order valence-corrected chi connectivity index (χ4v) is 4.29. The van der Waals surface area contributed by atoms with Crippen LogP contribution in [0, 0.1) is 13.8 Å². The van der Waals surface area contributed by atoms with E-state index in [9.17, 15) is 8.42 Å². The molecule has 0 bridgehead atoms. The van der Waals surface area contributed by atoms with Crippen LogP contribution >= 0.6 is 0 Å². The molecule has 0 aromatic carbocycles. The first-order chi connectivity index (χ1) is 10.5. The number of nitrogens with zero attached hydrogens (tertiary/aromatic N) is 3. The number of pyridine rings is 1. The minimum absolute atomic E-state index is 0.0903. The van der Waals surface area contributed by atoms with Crippen molar-refractivity contribution in [1.82, 2.24) is 14.1 Å². The molecule has 0 aliphatic carbocycles. The Labute approximate surface area is 127 Å². The molecular weight excluding hydrogens is 304 g/mol. The van der Waals surface area contributed by atoms with Gasteiger partial charge in [0.05, 0.1) is 11.7 Å². The Morgan fingerprint density at radius 3 is 2.77 bits per heavy atom. The van der Waals surface area contributed by atoms with Crippen LogP contribution in [0.5, 0.6) is 0 Å². The highest BCUT2D eigenvalue weighted by molar-refractivity contribution is 7.90. The predicted octanol–water partition coefficient (Wildman–Crippen LogP) is 1.38. The van der Waals surface area contributed by atoms with Crippen LogP contribution in [0.3, 0.4) is 0 Å². The molecule has 0 unspecified atom stereocenters.